The number of nitrogens with zero attached hydrogens (tertiary/aromatic N) is 2. The lowest BCUT2D eigenvalue weighted by Crippen LogP contribution is -2.48. The Bertz CT molecular complexity index is 467. The van der Waals surface area contributed by atoms with Crippen molar-refractivity contribution in [3.05, 3.63) is 18.1 Å². The molecule has 0 saturated heterocycles. The van der Waals surface area contributed by atoms with Crippen molar-refractivity contribution in [1.82, 2.24) is 9.97 Å². The van der Waals surface area contributed by atoms with E-state index >= 15 is 0 Å². The topological polar surface area (TPSA) is 61.0 Å². The van der Waals surface area contributed by atoms with Crippen molar-refractivity contribution < 1.29 is 4.74 Å². The van der Waals surface area contributed by atoms with Gasteiger partial charge in [-0.25, -0.2) is 4.98 Å². The van der Waals surface area contributed by atoms with Gasteiger partial charge in [-0.15, -0.1) is 0 Å². The highest BCUT2D eigenvalue weighted by atomic mass is 16.5. The van der Waals surface area contributed by atoms with Crippen LogP contribution in [0.4, 0.5) is 0 Å². The maximum Gasteiger partial charge on any atom is 0.236 e. The molecule has 0 unspecified atom stereocenters. The molecular formula is C16H23N3O. The second-order valence-electron chi connectivity index (χ2n) is 7.22. The number of hydrogen-bond acceptors (Lipinski definition) is 4. The highest BCUT2D eigenvalue weighted by Crippen LogP contribution is 2.59. The van der Waals surface area contributed by atoms with Crippen LogP contribution in [0, 0.1) is 23.2 Å². The average Bonchev–Trinajstić information content (AvgIpc) is 2.44. The minimum absolute atomic E-state index is 0.393. The summed E-state index contributed by atoms with van der Waals surface area (Å²) in [5.74, 6) is 3.52. The smallest absolute Gasteiger partial charge is 0.236 e. The Morgan fingerprint density at radius 2 is 1.65 bits per heavy atom. The van der Waals surface area contributed by atoms with Gasteiger partial charge in [0.05, 0.1) is 6.61 Å². The summed E-state index contributed by atoms with van der Waals surface area (Å²) in [4.78, 5) is 8.55. The fourth-order valence-corrected chi connectivity index (χ4v) is 5.30. The maximum absolute atomic E-state index is 6.06. The number of rotatable bonds is 4. The monoisotopic (exact) mass is 273 g/mol. The molecule has 0 aliphatic heterocycles. The largest absolute Gasteiger partial charge is 0.476 e. The molecule has 0 aromatic carbocycles. The summed E-state index contributed by atoms with van der Waals surface area (Å²) in [5, 5.41) is 0. The molecule has 1 heterocycles. The van der Waals surface area contributed by atoms with E-state index in [0.717, 1.165) is 30.1 Å². The standard InChI is InChI=1S/C16H23N3O/c17-9-14-15(19-2-1-18-14)20-10-16-6-11-3-12(7-16)5-13(4-11)8-16/h1-2,11-13H,3-10,17H2. The molecule has 4 saturated carbocycles. The number of hydrogen-bond donors (Lipinski definition) is 1. The summed E-state index contributed by atoms with van der Waals surface area (Å²) in [6, 6.07) is 0. The highest BCUT2D eigenvalue weighted by molar-refractivity contribution is 5.17. The van der Waals surface area contributed by atoms with E-state index in [-0.39, 0.29) is 0 Å². The van der Waals surface area contributed by atoms with Crippen molar-refractivity contribution in [1.29, 1.82) is 0 Å². The van der Waals surface area contributed by atoms with Gasteiger partial charge < -0.3 is 10.5 Å². The molecule has 0 spiro atoms. The van der Waals surface area contributed by atoms with Gasteiger partial charge in [0.25, 0.3) is 0 Å². The van der Waals surface area contributed by atoms with Gasteiger partial charge in [-0.2, -0.15) is 0 Å². The van der Waals surface area contributed by atoms with Crippen LogP contribution in [0.2, 0.25) is 0 Å². The van der Waals surface area contributed by atoms with E-state index in [4.69, 9.17) is 10.5 Å². The first-order chi connectivity index (χ1) is 9.76. The van der Waals surface area contributed by atoms with Crippen LogP contribution in [0.3, 0.4) is 0 Å². The van der Waals surface area contributed by atoms with Gasteiger partial charge in [0.15, 0.2) is 0 Å². The molecule has 4 aliphatic carbocycles. The Morgan fingerprint density at radius 1 is 1.05 bits per heavy atom. The third kappa shape index (κ3) is 2.10. The summed E-state index contributed by atoms with van der Waals surface area (Å²) < 4.78 is 6.06. The van der Waals surface area contributed by atoms with E-state index in [1.54, 1.807) is 12.4 Å². The Hall–Kier alpha value is -1.16. The third-order valence-corrected chi connectivity index (χ3v) is 5.61. The molecule has 4 aliphatic rings. The minimum atomic E-state index is 0.393. The van der Waals surface area contributed by atoms with Crippen molar-refractivity contribution in [2.24, 2.45) is 28.9 Å². The first-order valence-corrected chi connectivity index (χ1v) is 7.89. The fourth-order valence-electron chi connectivity index (χ4n) is 5.30. The quantitative estimate of drug-likeness (QED) is 0.915. The van der Waals surface area contributed by atoms with Crippen molar-refractivity contribution >= 4 is 0 Å². The van der Waals surface area contributed by atoms with Gasteiger partial charge in [0.1, 0.15) is 5.69 Å². The molecule has 108 valence electrons. The van der Waals surface area contributed by atoms with Crippen LogP contribution < -0.4 is 10.5 Å². The van der Waals surface area contributed by atoms with E-state index < -0.39 is 0 Å². The summed E-state index contributed by atoms with van der Waals surface area (Å²) in [6.07, 6.45) is 11.9. The lowest BCUT2D eigenvalue weighted by atomic mass is 9.50. The fraction of sp³-hybridized carbons (Fsp3) is 0.750. The van der Waals surface area contributed by atoms with E-state index in [1.807, 2.05) is 0 Å². The lowest BCUT2D eigenvalue weighted by molar-refractivity contribution is -0.0753. The van der Waals surface area contributed by atoms with Crippen molar-refractivity contribution in [3.63, 3.8) is 0 Å². The Morgan fingerprint density at radius 3 is 2.25 bits per heavy atom. The highest BCUT2D eigenvalue weighted by Gasteiger charge is 2.51. The summed E-state index contributed by atoms with van der Waals surface area (Å²) in [5.41, 5.74) is 6.89. The lowest BCUT2D eigenvalue weighted by Gasteiger charge is -2.56. The molecule has 5 rings (SSSR count). The van der Waals surface area contributed by atoms with Crippen LogP contribution in [0.5, 0.6) is 5.88 Å². The van der Waals surface area contributed by atoms with E-state index in [2.05, 4.69) is 9.97 Å². The van der Waals surface area contributed by atoms with Crippen molar-refractivity contribution in [2.75, 3.05) is 6.61 Å². The number of aromatic nitrogens is 2. The van der Waals surface area contributed by atoms with Gasteiger partial charge in [0.2, 0.25) is 5.88 Å². The van der Waals surface area contributed by atoms with E-state index in [0.29, 0.717) is 17.8 Å². The second kappa shape index (κ2) is 4.69. The third-order valence-electron chi connectivity index (χ3n) is 5.61. The van der Waals surface area contributed by atoms with Crippen molar-refractivity contribution in [3.8, 4) is 5.88 Å². The predicted molar refractivity (Wildman–Crippen MR) is 76.0 cm³/mol. The molecule has 0 atom stereocenters. The van der Waals surface area contributed by atoms with Gasteiger partial charge >= 0.3 is 0 Å². The SMILES string of the molecule is NCc1nccnc1OCC12CC3CC(CC(C3)C1)C2. The van der Waals surface area contributed by atoms with Crippen LogP contribution in [0.1, 0.15) is 44.2 Å². The molecule has 4 heteroatoms. The Balaban J connectivity index is 1.49. The normalized spacial score (nSPS) is 38.1. The van der Waals surface area contributed by atoms with Crippen LogP contribution in [-0.4, -0.2) is 16.6 Å². The van der Waals surface area contributed by atoms with Gasteiger partial charge in [-0.3, -0.25) is 4.98 Å². The van der Waals surface area contributed by atoms with E-state index in [9.17, 15) is 0 Å². The zero-order valence-electron chi connectivity index (χ0n) is 11.9. The molecule has 4 nitrogen and oxygen atoms in total. The first-order valence-electron chi connectivity index (χ1n) is 7.89. The second-order valence-corrected chi connectivity index (χ2v) is 7.22. The first kappa shape index (κ1) is 12.6. The van der Waals surface area contributed by atoms with Gasteiger partial charge in [0, 0.05) is 24.4 Å². The zero-order chi connectivity index (χ0) is 13.6. The van der Waals surface area contributed by atoms with Crippen LogP contribution in [0.25, 0.3) is 0 Å². The average molecular weight is 273 g/mol. The Labute approximate surface area is 120 Å². The minimum Gasteiger partial charge on any atom is -0.476 e. The number of nitrogens with two attached hydrogens (primary N) is 1. The molecule has 0 radical (unpaired) electrons. The van der Waals surface area contributed by atoms with Crippen LogP contribution >= 0.6 is 0 Å². The van der Waals surface area contributed by atoms with Crippen LogP contribution in [0.15, 0.2) is 12.4 Å². The Kier molecular flexibility index (Phi) is 2.95. The molecule has 4 fully saturated rings. The summed E-state index contributed by atoms with van der Waals surface area (Å²) >= 11 is 0. The van der Waals surface area contributed by atoms with Gasteiger partial charge in [-0.05, 0) is 56.3 Å². The van der Waals surface area contributed by atoms with Gasteiger partial charge in [-0.1, -0.05) is 0 Å². The summed E-state index contributed by atoms with van der Waals surface area (Å²) in [7, 11) is 0. The molecule has 0 amide bonds. The molecular weight excluding hydrogens is 250 g/mol. The summed E-state index contributed by atoms with van der Waals surface area (Å²) in [6.45, 7) is 1.20. The van der Waals surface area contributed by atoms with E-state index in [1.165, 1.54) is 38.5 Å². The van der Waals surface area contributed by atoms with Crippen LogP contribution in [-0.2, 0) is 6.54 Å². The number of ether oxygens (including phenoxy) is 1. The van der Waals surface area contributed by atoms with Crippen molar-refractivity contribution in [2.45, 2.75) is 45.1 Å². The predicted octanol–water partition coefficient (Wildman–Crippen LogP) is 2.53. The molecule has 2 N–H and O–H groups in total. The molecule has 1 aromatic heterocycles. The molecule has 1 aromatic rings. The molecule has 4 bridgehead atoms. The molecule has 20 heavy (non-hydrogen) atoms. The zero-order valence-corrected chi connectivity index (χ0v) is 11.9. The maximum atomic E-state index is 6.06.